The van der Waals surface area contributed by atoms with Crippen LogP contribution in [-0.2, 0) is 13.1 Å². The van der Waals surface area contributed by atoms with Crippen LogP contribution < -0.4 is 0 Å². The maximum atomic E-state index is 5.70. The third kappa shape index (κ3) is 4.05. The molecule has 0 saturated carbocycles. The fourth-order valence-corrected chi connectivity index (χ4v) is 2.24. The summed E-state index contributed by atoms with van der Waals surface area (Å²) in [5.41, 5.74) is 2.17. The number of halogens is 2. The largest absolute Gasteiger partial charge is 0.296 e. The first-order valence-corrected chi connectivity index (χ1v) is 6.70. The van der Waals surface area contributed by atoms with Crippen molar-refractivity contribution in [1.82, 2.24) is 14.9 Å². The molecule has 0 amide bonds. The van der Waals surface area contributed by atoms with Crippen LogP contribution in [-0.4, -0.2) is 21.9 Å². The molecule has 0 fully saturated rings. The van der Waals surface area contributed by atoms with E-state index in [0.717, 1.165) is 23.3 Å². The second kappa shape index (κ2) is 6.27. The van der Waals surface area contributed by atoms with Crippen molar-refractivity contribution in [2.24, 2.45) is 0 Å². The maximum Gasteiger partial charge on any atom is 0.147 e. The molecule has 2 rings (SSSR count). The SMILES string of the molecule is CN(Cc1cccc(Br)c1)Cc1cnc(Cl)cn1. The minimum absolute atomic E-state index is 0.424. The molecular weight excluding hydrogens is 314 g/mol. The molecule has 5 heteroatoms. The maximum absolute atomic E-state index is 5.70. The molecule has 0 saturated heterocycles. The van der Waals surface area contributed by atoms with E-state index in [4.69, 9.17) is 11.6 Å². The van der Waals surface area contributed by atoms with E-state index in [2.05, 4.69) is 50.0 Å². The molecule has 0 aliphatic carbocycles. The fraction of sp³-hybridized carbons (Fsp3) is 0.231. The molecule has 3 nitrogen and oxygen atoms in total. The van der Waals surface area contributed by atoms with Crippen LogP contribution >= 0.6 is 27.5 Å². The molecule has 0 aliphatic rings. The first-order valence-electron chi connectivity index (χ1n) is 5.53. The van der Waals surface area contributed by atoms with Gasteiger partial charge >= 0.3 is 0 Å². The molecule has 0 radical (unpaired) electrons. The first-order chi connectivity index (χ1) is 8.63. The summed E-state index contributed by atoms with van der Waals surface area (Å²) in [6, 6.07) is 8.28. The monoisotopic (exact) mass is 325 g/mol. The molecule has 0 bridgehead atoms. The van der Waals surface area contributed by atoms with Crippen LogP contribution in [0.1, 0.15) is 11.3 Å². The van der Waals surface area contributed by atoms with E-state index in [0.29, 0.717) is 5.15 Å². The summed E-state index contributed by atoms with van der Waals surface area (Å²) < 4.78 is 1.10. The zero-order valence-electron chi connectivity index (χ0n) is 9.98. The molecule has 0 N–H and O–H groups in total. The summed E-state index contributed by atoms with van der Waals surface area (Å²) >= 11 is 9.17. The van der Waals surface area contributed by atoms with E-state index in [1.165, 1.54) is 5.56 Å². The number of hydrogen-bond acceptors (Lipinski definition) is 3. The summed E-state index contributed by atoms with van der Waals surface area (Å²) in [5.74, 6) is 0. The highest BCUT2D eigenvalue weighted by Crippen LogP contribution is 2.13. The molecular formula is C13H13BrClN3. The predicted molar refractivity (Wildman–Crippen MR) is 76.4 cm³/mol. The van der Waals surface area contributed by atoms with Gasteiger partial charge in [-0.15, -0.1) is 0 Å². The van der Waals surface area contributed by atoms with E-state index in [1.807, 2.05) is 12.1 Å². The Morgan fingerprint density at radius 2 is 2.06 bits per heavy atom. The van der Waals surface area contributed by atoms with E-state index in [1.54, 1.807) is 12.4 Å². The van der Waals surface area contributed by atoms with Gasteiger partial charge in [0.25, 0.3) is 0 Å². The van der Waals surface area contributed by atoms with Crippen LogP contribution in [0, 0.1) is 0 Å². The van der Waals surface area contributed by atoms with Crippen molar-refractivity contribution in [3.8, 4) is 0 Å². The molecule has 0 aliphatic heterocycles. The van der Waals surface area contributed by atoms with Gasteiger partial charge in [0.1, 0.15) is 5.15 Å². The highest BCUT2D eigenvalue weighted by Gasteiger charge is 2.03. The standard InChI is InChI=1S/C13H13BrClN3/c1-18(8-10-3-2-4-11(14)5-10)9-12-6-17-13(15)7-16-12/h2-7H,8-9H2,1H3. The molecule has 1 heterocycles. The van der Waals surface area contributed by atoms with Crippen molar-refractivity contribution in [1.29, 1.82) is 0 Å². The topological polar surface area (TPSA) is 29.0 Å². The molecule has 0 atom stereocenters. The van der Waals surface area contributed by atoms with Crippen molar-refractivity contribution in [2.75, 3.05) is 7.05 Å². The van der Waals surface area contributed by atoms with E-state index < -0.39 is 0 Å². The minimum atomic E-state index is 0.424. The summed E-state index contributed by atoms with van der Waals surface area (Å²) in [7, 11) is 2.05. The van der Waals surface area contributed by atoms with Crippen molar-refractivity contribution in [3.05, 3.63) is 57.5 Å². The van der Waals surface area contributed by atoms with Crippen molar-refractivity contribution >= 4 is 27.5 Å². The van der Waals surface area contributed by atoms with Gasteiger partial charge in [-0.05, 0) is 24.7 Å². The third-order valence-corrected chi connectivity index (χ3v) is 3.14. The van der Waals surface area contributed by atoms with Crippen LogP contribution in [0.25, 0.3) is 0 Å². The van der Waals surface area contributed by atoms with Crippen LogP contribution in [0.2, 0.25) is 5.15 Å². The van der Waals surface area contributed by atoms with Gasteiger partial charge in [-0.2, -0.15) is 0 Å². The summed E-state index contributed by atoms with van der Waals surface area (Å²) in [6.07, 6.45) is 3.28. The van der Waals surface area contributed by atoms with Gasteiger partial charge in [0.05, 0.1) is 18.1 Å². The zero-order chi connectivity index (χ0) is 13.0. The van der Waals surface area contributed by atoms with Gasteiger partial charge in [0.2, 0.25) is 0 Å². The Morgan fingerprint density at radius 1 is 1.22 bits per heavy atom. The summed E-state index contributed by atoms with van der Waals surface area (Å²) in [5, 5.41) is 0.424. The average Bonchev–Trinajstić information content (AvgIpc) is 2.32. The Kier molecular flexibility index (Phi) is 4.69. The summed E-state index contributed by atoms with van der Waals surface area (Å²) in [4.78, 5) is 10.4. The number of benzene rings is 1. The Morgan fingerprint density at radius 3 is 2.72 bits per heavy atom. The summed E-state index contributed by atoms with van der Waals surface area (Å²) in [6.45, 7) is 1.61. The second-order valence-corrected chi connectivity index (χ2v) is 5.44. The molecule has 94 valence electrons. The first kappa shape index (κ1) is 13.5. The van der Waals surface area contributed by atoms with Crippen molar-refractivity contribution < 1.29 is 0 Å². The van der Waals surface area contributed by atoms with Crippen LogP contribution in [0.4, 0.5) is 0 Å². The Hall–Kier alpha value is -0.970. The minimum Gasteiger partial charge on any atom is -0.296 e. The number of hydrogen-bond donors (Lipinski definition) is 0. The second-order valence-electron chi connectivity index (χ2n) is 4.13. The number of rotatable bonds is 4. The molecule has 18 heavy (non-hydrogen) atoms. The molecule has 0 unspecified atom stereocenters. The molecule has 0 spiro atoms. The van der Waals surface area contributed by atoms with E-state index in [-0.39, 0.29) is 0 Å². The van der Waals surface area contributed by atoms with Gasteiger partial charge in [-0.25, -0.2) is 4.98 Å². The quantitative estimate of drug-likeness (QED) is 0.861. The lowest BCUT2D eigenvalue weighted by atomic mass is 10.2. The van der Waals surface area contributed by atoms with Gasteiger partial charge < -0.3 is 0 Å². The van der Waals surface area contributed by atoms with E-state index >= 15 is 0 Å². The van der Waals surface area contributed by atoms with E-state index in [9.17, 15) is 0 Å². The highest BCUT2D eigenvalue weighted by atomic mass is 79.9. The molecule has 1 aromatic heterocycles. The van der Waals surface area contributed by atoms with Crippen LogP contribution in [0.3, 0.4) is 0 Å². The smallest absolute Gasteiger partial charge is 0.147 e. The fourth-order valence-electron chi connectivity index (χ4n) is 1.70. The van der Waals surface area contributed by atoms with Crippen LogP contribution in [0.15, 0.2) is 41.1 Å². The van der Waals surface area contributed by atoms with Gasteiger partial charge in [-0.3, -0.25) is 9.88 Å². The van der Waals surface area contributed by atoms with Gasteiger partial charge in [0.15, 0.2) is 0 Å². The Labute approximate surface area is 120 Å². The zero-order valence-corrected chi connectivity index (χ0v) is 12.3. The number of nitrogens with zero attached hydrogens (tertiary/aromatic N) is 3. The Bertz CT molecular complexity index is 516. The molecule has 2 aromatic rings. The number of aromatic nitrogens is 2. The van der Waals surface area contributed by atoms with Gasteiger partial charge in [0, 0.05) is 17.6 Å². The Balaban J connectivity index is 1.96. The lowest BCUT2D eigenvalue weighted by molar-refractivity contribution is 0.314. The third-order valence-electron chi connectivity index (χ3n) is 2.45. The van der Waals surface area contributed by atoms with Crippen molar-refractivity contribution in [3.63, 3.8) is 0 Å². The lowest BCUT2D eigenvalue weighted by Crippen LogP contribution is -2.18. The predicted octanol–water partition coefficient (Wildman–Crippen LogP) is 3.52. The average molecular weight is 327 g/mol. The van der Waals surface area contributed by atoms with Crippen molar-refractivity contribution in [2.45, 2.75) is 13.1 Å². The normalized spacial score (nSPS) is 10.9. The van der Waals surface area contributed by atoms with Gasteiger partial charge in [-0.1, -0.05) is 39.7 Å². The lowest BCUT2D eigenvalue weighted by Gasteiger charge is -2.16. The highest BCUT2D eigenvalue weighted by molar-refractivity contribution is 9.10. The van der Waals surface area contributed by atoms with Crippen LogP contribution in [0.5, 0.6) is 0 Å². The molecule has 1 aromatic carbocycles.